The number of ketones is 1. The van der Waals surface area contributed by atoms with Crippen LogP contribution in [0.25, 0.3) is 0 Å². The number of nitrogens with zero attached hydrogens (tertiary/aromatic N) is 2. The number of rotatable bonds is 4. The Bertz CT molecular complexity index is 584. The monoisotopic (exact) mass is 338 g/mol. The van der Waals surface area contributed by atoms with Crippen LogP contribution in [0.2, 0.25) is 0 Å². The van der Waals surface area contributed by atoms with Crippen molar-refractivity contribution in [3.8, 4) is 0 Å². The summed E-state index contributed by atoms with van der Waals surface area (Å²) in [6.07, 6.45) is 0.885. The van der Waals surface area contributed by atoms with E-state index in [1.807, 2.05) is 0 Å². The van der Waals surface area contributed by atoms with Crippen molar-refractivity contribution >= 4 is 39.2 Å². The van der Waals surface area contributed by atoms with Crippen LogP contribution in [0.3, 0.4) is 0 Å². The van der Waals surface area contributed by atoms with Gasteiger partial charge in [0.1, 0.15) is 0 Å². The highest BCUT2D eigenvalue weighted by atomic mass is 79.9. The first-order valence-corrected chi connectivity index (χ1v) is 7.07. The molecule has 2 amide bonds. The number of fused-ring (bicyclic) bond motifs is 1. The maximum absolute atomic E-state index is 11.9. The molecule has 0 aromatic heterocycles. The molecule has 0 saturated heterocycles. The molecule has 5 nitrogen and oxygen atoms in total. The van der Waals surface area contributed by atoms with Gasteiger partial charge >= 0.3 is 0 Å². The van der Waals surface area contributed by atoms with E-state index in [-0.39, 0.29) is 5.91 Å². The minimum Gasteiger partial charge on any atom is -0.349 e. The number of amides is 2. The van der Waals surface area contributed by atoms with E-state index in [9.17, 15) is 14.4 Å². The van der Waals surface area contributed by atoms with Gasteiger partial charge in [0.25, 0.3) is 11.7 Å². The molecule has 0 N–H and O–H groups in total. The fourth-order valence-corrected chi connectivity index (χ4v) is 2.45. The summed E-state index contributed by atoms with van der Waals surface area (Å²) in [5, 5.41) is 0. The van der Waals surface area contributed by atoms with Crippen LogP contribution >= 0.6 is 15.9 Å². The zero-order chi connectivity index (χ0) is 14.9. The van der Waals surface area contributed by atoms with Gasteiger partial charge in [-0.1, -0.05) is 15.9 Å². The van der Waals surface area contributed by atoms with Gasteiger partial charge < -0.3 is 9.80 Å². The van der Waals surface area contributed by atoms with E-state index in [4.69, 9.17) is 0 Å². The molecule has 0 radical (unpaired) electrons. The fraction of sp³-hybridized carbons (Fsp3) is 0.357. The van der Waals surface area contributed by atoms with Gasteiger partial charge in [0.15, 0.2) is 0 Å². The number of hydrogen-bond acceptors (Lipinski definition) is 3. The van der Waals surface area contributed by atoms with Crippen molar-refractivity contribution < 1.29 is 14.4 Å². The molecule has 1 aliphatic rings. The van der Waals surface area contributed by atoms with Crippen LogP contribution in [0, 0.1) is 0 Å². The van der Waals surface area contributed by atoms with Crippen LogP contribution in [0.5, 0.6) is 0 Å². The van der Waals surface area contributed by atoms with Crippen LogP contribution in [0.1, 0.15) is 23.2 Å². The first kappa shape index (κ1) is 14.7. The highest BCUT2D eigenvalue weighted by Gasteiger charge is 2.35. The summed E-state index contributed by atoms with van der Waals surface area (Å²) in [5.74, 6) is -0.987. The smallest absolute Gasteiger partial charge is 0.299 e. The molecule has 0 spiro atoms. The minimum atomic E-state index is -0.518. The Morgan fingerprint density at radius 3 is 2.65 bits per heavy atom. The molecule has 0 aliphatic carbocycles. The van der Waals surface area contributed by atoms with E-state index in [1.165, 1.54) is 9.80 Å². The third-order valence-corrected chi connectivity index (χ3v) is 3.70. The molecule has 106 valence electrons. The summed E-state index contributed by atoms with van der Waals surface area (Å²) in [4.78, 5) is 38.3. The van der Waals surface area contributed by atoms with Gasteiger partial charge in [-0.2, -0.15) is 0 Å². The van der Waals surface area contributed by atoms with Crippen LogP contribution in [0.15, 0.2) is 22.7 Å². The molecule has 1 aliphatic heterocycles. The lowest BCUT2D eigenvalue weighted by molar-refractivity contribution is -0.128. The fourth-order valence-electron chi connectivity index (χ4n) is 2.10. The maximum Gasteiger partial charge on any atom is 0.299 e. The summed E-state index contributed by atoms with van der Waals surface area (Å²) in [6.45, 7) is 0.369. The number of halogens is 1. The predicted octanol–water partition coefficient (Wildman–Crippen LogP) is 1.85. The molecule has 1 aromatic carbocycles. The van der Waals surface area contributed by atoms with Crippen LogP contribution in [0.4, 0.5) is 5.69 Å². The molecule has 0 saturated carbocycles. The number of carbonyl (C=O) groups excluding carboxylic acids is 3. The van der Waals surface area contributed by atoms with Gasteiger partial charge in [-0.05, 0) is 24.6 Å². The Hall–Kier alpha value is -1.69. The highest BCUT2D eigenvalue weighted by molar-refractivity contribution is 9.10. The number of carbonyl (C=O) groups is 3. The zero-order valence-electron chi connectivity index (χ0n) is 11.4. The zero-order valence-corrected chi connectivity index (χ0v) is 12.9. The van der Waals surface area contributed by atoms with Crippen LogP contribution in [-0.4, -0.2) is 43.1 Å². The van der Waals surface area contributed by atoms with Gasteiger partial charge in [-0.25, -0.2) is 0 Å². The lowest BCUT2D eigenvalue weighted by atomic mass is 10.1. The lowest BCUT2D eigenvalue weighted by Crippen LogP contribution is -2.31. The van der Waals surface area contributed by atoms with E-state index in [0.717, 1.165) is 4.47 Å². The lowest BCUT2D eigenvalue weighted by Gasteiger charge is -2.17. The average molecular weight is 339 g/mol. The Labute approximate surface area is 125 Å². The molecule has 0 unspecified atom stereocenters. The summed E-state index contributed by atoms with van der Waals surface area (Å²) in [7, 11) is 3.39. The van der Waals surface area contributed by atoms with E-state index in [2.05, 4.69) is 15.9 Å². The van der Waals surface area contributed by atoms with Crippen molar-refractivity contribution in [1.29, 1.82) is 0 Å². The quantitative estimate of drug-likeness (QED) is 0.787. The highest BCUT2D eigenvalue weighted by Crippen LogP contribution is 2.31. The topological polar surface area (TPSA) is 57.7 Å². The Balaban J connectivity index is 2.10. The molecule has 0 bridgehead atoms. The SMILES string of the molecule is CN(C)C(=O)CCCN1C(=O)C(=O)c2ccc(Br)cc21. The summed E-state index contributed by atoms with van der Waals surface area (Å²) in [5.41, 5.74) is 1.05. The van der Waals surface area contributed by atoms with Gasteiger partial charge in [-0.3, -0.25) is 14.4 Å². The van der Waals surface area contributed by atoms with Gasteiger partial charge in [-0.15, -0.1) is 0 Å². The third-order valence-electron chi connectivity index (χ3n) is 3.21. The largest absolute Gasteiger partial charge is 0.349 e. The summed E-state index contributed by atoms with van der Waals surface area (Å²) in [6, 6.07) is 5.14. The molecule has 1 heterocycles. The van der Waals surface area contributed by atoms with Crippen LogP contribution in [-0.2, 0) is 9.59 Å². The first-order valence-electron chi connectivity index (χ1n) is 6.27. The van der Waals surface area contributed by atoms with Crippen molar-refractivity contribution in [1.82, 2.24) is 4.90 Å². The molecule has 2 rings (SSSR count). The Kier molecular flexibility index (Phi) is 4.23. The first-order chi connectivity index (χ1) is 9.41. The molecular weight excluding hydrogens is 324 g/mol. The number of hydrogen-bond donors (Lipinski definition) is 0. The molecule has 0 fully saturated rings. The Morgan fingerprint density at radius 2 is 2.00 bits per heavy atom. The van der Waals surface area contributed by atoms with E-state index >= 15 is 0 Å². The second-order valence-electron chi connectivity index (χ2n) is 4.84. The number of Topliss-reactive ketones (excluding diaryl/α,β-unsaturated/α-hetero) is 1. The number of anilines is 1. The van der Waals surface area contributed by atoms with Crippen molar-refractivity contribution in [3.05, 3.63) is 28.2 Å². The molecule has 1 aromatic rings. The van der Waals surface area contributed by atoms with Gasteiger partial charge in [0, 0.05) is 31.5 Å². The Morgan fingerprint density at radius 1 is 1.30 bits per heavy atom. The standard InChI is InChI=1S/C14H15BrN2O3/c1-16(2)12(18)4-3-7-17-11-8-9(15)5-6-10(11)13(19)14(17)20/h5-6,8H,3-4,7H2,1-2H3. The maximum atomic E-state index is 11.9. The molecule has 6 heteroatoms. The van der Waals surface area contributed by atoms with E-state index in [0.29, 0.717) is 30.6 Å². The van der Waals surface area contributed by atoms with Crippen molar-refractivity contribution in [2.24, 2.45) is 0 Å². The summed E-state index contributed by atoms with van der Waals surface area (Å²) >= 11 is 3.33. The summed E-state index contributed by atoms with van der Waals surface area (Å²) < 4.78 is 0.813. The van der Waals surface area contributed by atoms with Crippen molar-refractivity contribution in [2.45, 2.75) is 12.8 Å². The van der Waals surface area contributed by atoms with E-state index in [1.54, 1.807) is 32.3 Å². The normalized spacial score (nSPS) is 13.7. The van der Waals surface area contributed by atoms with E-state index < -0.39 is 11.7 Å². The molecule has 0 atom stereocenters. The molecular formula is C14H15BrN2O3. The second-order valence-corrected chi connectivity index (χ2v) is 5.75. The minimum absolute atomic E-state index is 0.0115. The van der Waals surface area contributed by atoms with Crippen LogP contribution < -0.4 is 4.90 Å². The van der Waals surface area contributed by atoms with Crippen molar-refractivity contribution in [2.75, 3.05) is 25.5 Å². The number of benzene rings is 1. The van der Waals surface area contributed by atoms with Gasteiger partial charge in [0.05, 0.1) is 11.3 Å². The average Bonchev–Trinajstić information content (AvgIpc) is 2.63. The molecule has 20 heavy (non-hydrogen) atoms. The third kappa shape index (κ3) is 2.75. The van der Waals surface area contributed by atoms with Gasteiger partial charge in [0.2, 0.25) is 5.91 Å². The second kappa shape index (κ2) is 5.75. The predicted molar refractivity (Wildman–Crippen MR) is 78.8 cm³/mol. The van der Waals surface area contributed by atoms with Crippen molar-refractivity contribution in [3.63, 3.8) is 0 Å².